The van der Waals surface area contributed by atoms with Gasteiger partial charge in [0, 0.05) is 11.9 Å². The van der Waals surface area contributed by atoms with Crippen LogP contribution in [0.1, 0.15) is 29.1 Å². The molecule has 5 nitrogen and oxygen atoms in total. The maximum Gasteiger partial charge on any atom is 0.243 e. The molecular weight excluding hydrogens is 341 g/mol. The Morgan fingerprint density at radius 2 is 2.12 bits per heavy atom. The topological polar surface area (TPSA) is 62.3 Å². The van der Waals surface area contributed by atoms with Crippen LogP contribution >= 0.6 is 11.3 Å². The average molecular weight is 361 g/mol. The lowest BCUT2D eigenvalue weighted by atomic mass is 10.1. The van der Waals surface area contributed by atoms with Crippen LogP contribution in [0.15, 0.2) is 29.6 Å². The molecule has 2 aromatic rings. The lowest BCUT2D eigenvalue weighted by Gasteiger charge is -2.24. The highest BCUT2D eigenvalue weighted by molar-refractivity contribution is 7.09. The van der Waals surface area contributed by atoms with Gasteiger partial charge in [-0.25, -0.2) is 9.37 Å². The van der Waals surface area contributed by atoms with Gasteiger partial charge in [0.25, 0.3) is 0 Å². The highest BCUT2D eigenvalue weighted by atomic mass is 32.1. The molecule has 132 valence electrons. The van der Waals surface area contributed by atoms with Crippen molar-refractivity contribution in [2.75, 3.05) is 6.54 Å². The minimum Gasteiger partial charge on any atom is -0.349 e. The van der Waals surface area contributed by atoms with Crippen LogP contribution in [-0.4, -0.2) is 34.3 Å². The van der Waals surface area contributed by atoms with Gasteiger partial charge in [-0.1, -0.05) is 12.1 Å². The molecule has 0 spiro atoms. The molecule has 0 bridgehead atoms. The molecule has 1 aliphatic rings. The number of nitrogens with one attached hydrogen (secondary N) is 1. The van der Waals surface area contributed by atoms with Crippen LogP contribution < -0.4 is 5.32 Å². The normalized spacial score (nSPS) is 16.9. The summed E-state index contributed by atoms with van der Waals surface area (Å²) in [5.41, 5.74) is 1.58. The number of carbonyl (C=O) groups is 2. The summed E-state index contributed by atoms with van der Waals surface area (Å²) in [4.78, 5) is 30.9. The van der Waals surface area contributed by atoms with E-state index in [4.69, 9.17) is 0 Å². The van der Waals surface area contributed by atoms with Crippen molar-refractivity contribution in [1.29, 1.82) is 0 Å². The van der Waals surface area contributed by atoms with Gasteiger partial charge in [0.1, 0.15) is 11.9 Å². The summed E-state index contributed by atoms with van der Waals surface area (Å²) >= 11 is 1.54. The Kier molecular flexibility index (Phi) is 5.43. The van der Waals surface area contributed by atoms with Gasteiger partial charge in [0.05, 0.1) is 23.7 Å². The highest BCUT2D eigenvalue weighted by Crippen LogP contribution is 2.19. The minimum atomic E-state index is -0.437. The highest BCUT2D eigenvalue weighted by Gasteiger charge is 2.33. The second kappa shape index (κ2) is 7.74. The zero-order chi connectivity index (χ0) is 17.8. The Hall–Kier alpha value is -2.28. The van der Waals surface area contributed by atoms with Crippen LogP contribution in [-0.2, 0) is 22.6 Å². The van der Waals surface area contributed by atoms with Crippen molar-refractivity contribution in [2.24, 2.45) is 0 Å². The quantitative estimate of drug-likeness (QED) is 0.890. The third-order valence-corrected chi connectivity index (χ3v) is 5.08. The molecule has 0 aliphatic carbocycles. The molecule has 0 unspecified atom stereocenters. The van der Waals surface area contributed by atoms with E-state index in [1.807, 2.05) is 12.3 Å². The fraction of sp³-hybridized carbons (Fsp3) is 0.389. The molecule has 1 saturated heterocycles. The van der Waals surface area contributed by atoms with E-state index in [0.29, 0.717) is 19.5 Å². The number of thiazole rings is 1. The molecule has 1 N–H and O–H groups in total. The van der Waals surface area contributed by atoms with Crippen LogP contribution in [0, 0.1) is 12.7 Å². The second-order valence-corrected chi connectivity index (χ2v) is 7.19. The Morgan fingerprint density at radius 3 is 2.80 bits per heavy atom. The standard InChI is InChI=1S/C18H20FN3O2S/c1-12-21-15(11-25-12)10-20-18(24)16-3-2-8-22(16)17(23)9-13-4-6-14(19)7-5-13/h4-7,11,16H,2-3,8-10H2,1H3,(H,20,24)/t16-/m1/s1. The minimum absolute atomic E-state index is 0.103. The molecule has 1 atom stereocenters. The summed E-state index contributed by atoms with van der Waals surface area (Å²) in [6, 6.07) is 5.44. The van der Waals surface area contributed by atoms with Crippen molar-refractivity contribution >= 4 is 23.2 Å². The molecule has 2 amide bonds. The second-order valence-electron chi connectivity index (χ2n) is 6.12. The molecule has 25 heavy (non-hydrogen) atoms. The van der Waals surface area contributed by atoms with Gasteiger partial charge >= 0.3 is 0 Å². The molecule has 0 saturated carbocycles. The van der Waals surface area contributed by atoms with E-state index in [9.17, 15) is 14.0 Å². The summed E-state index contributed by atoms with van der Waals surface area (Å²) in [7, 11) is 0. The zero-order valence-electron chi connectivity index (χ0n) is 14.0. The number of halogens is 1. The van der Waals surface area contributed by atoms with Crippen LogP contribution in [0.4, 0.5) is 4.39 Å². The first kappa shape index (κ1) is 17.5. The van der Waals surface area contributed by atoms with Crippen LogP contribution in [0.25, 0.3) is 0 Å². The fourth-order valence-electron chi connectivity index (χ4n) is 3.00. The van der Waals surface area contributed by atoms with E-state index < -0.39 is 6.04 Å². The van der Waals surface area contributed by atoms with Crippen molar-refractivity contribution in [1.82, 2.24) is 15.2 Å². The summed E-state index contributed by atoms with van der Waals surface area (Å²) < 4.78 is 13.0. The third-order valence-electron chi connectivity index (χ3n) is 4.25. The van der Waals surface area contributed by atoms with E-state index in [2.05, 4.69) is 10.3 Å². The number of rotatable bonds is 5. The molecule has 1 aliphatic heterocycles. The van der Waals surface area contributed by atoms with E-state index in [1.165, 1.54) is 12.1 Å². The summed E-state index contributed by atoms with van der Waals surface area (Å²) in [5.74, 6) is -0.573. The zero-order valence-corrected chi connectivity index (χ0v) is 14.8. The van der Waals surface area contributed by atoms with Gasteiger partial charge in [-0.2, -0.15) is 0 Å². The number of amides is 2. The average Bonchev–Trinajstić information content (AvgIpc) is 3.23. The maximum atomic E-state index is 13.0. The molecule has 1 aromatic carbocycles. The van der Waals surface area contributed by atoms with Gasteiger partial charge in [-0.15, -0.1) is 11.3 Å². The fourth-order valence-corrected chi connectivity index (χ4v) is 3.61. The molecule has 2 heterocycles. The summed E-state index contributed by atoms with van der Waals surface area (Å²) in [6.07, 6.45) is 1.65. The largest absolute Gasteiger partial charge is 0.349 e. The first-order chi connectivity index (χ1) is 12.0. The number of likely N-dealkylation sites (tertiary alicyclic amines) is 1. The first-order valence-electron chi connectivity index (χ1n) is 8.25. The Morgan fingerprint density at radius 1 is 1.36 bits per heavy atom. The third kappa shape index (κ3) is 4.42. The molecule has 1 aromatic heterocycles. The Bertz CT molecular complexity index is 760. The van der Waals surface area contributed by atoms with E-state index >= 15 is 0 Å². The number of hydrogen-bond donors (Lipinski definition) is 1. The van der Waals surface area contributed by atoms with Crippen LogP contribution in [0.5, 0.6) is 0 Å². The monoisotopic (exact) mass is 361 g/mol. The first-order valence-corrected chi connectivity index (χ1v) is 9.13. The number of aromatic nitrogens is 1. The van der Waals surface area contributed by atoms with Crippen molar-refractivity contribution in [3.8, 4) is 0 Å². The van der Waals surface area contributed by atoms with Gasteiger partial charge in [0.15, 0.2) is 0 Å². The molecule has 0 radical (unpaired) electrons. The van der Waals surface area contributed by atoms with E-state index in [-0.39, 0.29) is 24.1 Å². The molecule has 7 heteroatoms. The SMILES string of the molecule is Cc1nc(CNC(=O)[C@H]2CCCN2C(=O)Cc2ccc(F)cc2)cs1. The number of nitrogens with zero attached hydrogens (tertiary/aromatic N) is 2. The van der Waals surface area contributed by atoms with Gasteiger partial charge in [-0.3, -0.25) is 9.59 Å². The Balaban J connectivity index is 1.58. The molecular formula is C18H20FN3O2S. The van der Waals surface area contributed by atoms with Gasteiger partial charge in [0.2, 0.25) is 11.8 Å². The summed E-state index contributed by atoms with van der Waals surface area (Å²) in [5, 5.41) is 5.75. The number of benzene rings is 1. The smallest absolute Gasteiger partial charge is 0.243 e. The molecule has 3 rings (SSSR count). The molecule has 1 fully saturated rings. The van der Waals surface area contributed by atoms with Crippen LogP contribution in [0.2, 0.25) is 0 Å². The van der Waals surface area contributed by atoms with Crippen molar-refractivity contribution in [2.45, 2.75) is 38.8 Å². The number of carbonyl (C=O) groups excluding carboxylic acids is 2. The lowest BCUT2D eigenvalue weighted by Crippen LogP contribution is -2.46. The van der Waals surface area contributed by atoms with E-state index in [0.717, 1.165) is 22.7 Å². The van der Waals surface area contributed by atoms with E-state index in [1.54, 1.807) is 28.4 Å². The van der Waals surface area contributed by atoms with Crippen molar-refractivity contribution in [3.05, 3.63) is 51.7 Å². The van der Waals surface area contributed by atoms with Gasteiger partial charge < -0.3 is 10.2 Å². The van der Waals surface area contributed by atoms with Gasteiger partial charge in [-0.05, 0) is 37.5 Å². The van der Waals surface area contributed by atoms with Crippen LogP contribution in [0.3, 0.4) is 0 Å². The Labute approximate surface area is 149 Å². The van der Waals surface area contributed by atoms with Crippen molar-refractivity contribution in [3.63, 3.8) is 0 Å². The maximum absolute atomic E-state index is 13.0. The number of aryl methyl sites for hydroxylation is 1. The summed E-state index contributed by atoms with van der Waals surface area (Å²) in [6.45, 7) is 2.87. The lowest BCUT2D eigenvalue weighted by molar-refractivity contribution is -0.138. The predicted molar refractivity (Wildman–Crippen MR) is 93.5 cm³/mol. The number of hydrogen-bond acceptors (Lipinski definition) is 4. The van der Waals surface area contributed by atoms with Crippen molar-refractivity contribution < 1.29 is 14.0 Å². The predicted octanol–water partition coefficient (Wildman–Crippen LogP) is 2.44.